The van der Waals surface area contributed by atoms with Gasteiger partial charge in [0.1, 0.15) is 30.0 Å². The summed E-state index contributed by atoms with van der Waals surface area (Å²) in [6.07, 6.45) is 7.97. The van der Waals surface area contributed by atoms with E-state index in [1.54, 1.807) is 29.3 Å². The summed E-state index contributed by atoms with van der Waals surface area (Å²) in [5.74, 6) is 2.04. The maximum absolute atomic E-state index is 14.6. The summed E-state index contributed by atoms with van der Waals surface area (Å²) in [6.45, 7) is 2.88. The van der Waals surface area contributed by atoms with E-state index in [2.05, 4.69) is 41.5 Å². The predicted octanol–water partition coefficient (Wildman–Crippen LogP) is 3.12. The lowest BCUT2D eigenvalue weighted by Gasteiger charge is -2.19. The second-order valence-corrected chi connectivity index (χ2v) is 8.77. The van der Waals surface area contributed by atoms with E-state index in [1.807, 2.05) is 10.6 Å². The topological polar surface area (TPSA) is 97.8 Å². The Morgan fingerprint density at radius 1 is 1.03 bits per heavy atom. The lowest BCUT2D eigenvalue weighted by molar-refractivity contribution is 0.356. The van der Waals surface area contributed by atoms with Crippen LogP contribution in [0.5, 0.6) is 5.75 Å². The van der Waals surface area contributed by atoms with Gasteiger partial charge < -0.3 is 15.0 Å². The van der Waals surface area contributed by atoms with Gasteiger partial charge in [-0.15, -0.1) is 10.2 Å². The van der Waals surface area contributed by atoms with Gasteiger partial charge in [-0.3, -0.25) is 4.40 Å². The summed E-state index contributed by atoms with van der Waals surface area (Å²) < 4.78 is 23.8. The van der Waals surface area contributed by atoms with Gasteiger partial charge in [0.05, 0.1) is 6.61 Å². The number of ether oxygens (including phenoxy) is 1. The first-order valence-corrected chi connectivity index (χ1v) is 11.7. The summed E-state index contributed by atoms with van der Waals surface area (Å²) in [6, 6.07) is 7.25. The molecule has 7 rings (SSSR count). The molecule has 5 aromatic rings. The molecule has 4 aromatic heterocycles. The van der Waals surface area contributed by atoms with E-state index >= 15 is 0 Å². The number of pyridine rings is 1. The Labute approximate surface area is 199 Å². The molecule has 176 valence electrons. The highest BCUT2D eigenvalue weighted by molar-refractivity contribution is 5.86. The fraction of sp³-hybridized carbons (Fsp3) is 0.292. The molecule has 0 radical (unpaired) electrons. The molecule has 35 heavy (non-hydrogen) atoms. The molecular weight excluding hydrogens is 449 g/mol. The Morgan fingerprint density at radius 3 is 2.86 bits per heavy atom. The first-order chi connectivity index (χ1) is 17.3. The Balaban J connectivity index is 1.26. The predicted molar refractivity (Wildman–Crippen MR) is 127 cm³/mol. The third-order valence-electron chi connectivity index (χ3n) is 6.82. The molecular formula is C24H22FN9O. The van der Waals surface area contributed by atoms with Gasteiger partial charge in [-0.2, -0.15) is 9.61 Å². The van der Waals surface area contributed by atoms with Crippen LogP contribution in [-0.4, -0.2) is 53.9 Å². The van der Waals surface area contributed by atoms with E-state index in [0.29, 0.717) is 30.2 Å². The van der Waals surface area contributed by atoms with Crippen LogP contribution in [0.3, 0.4) is 0 Å². The molecule has 0 unspecified atom stereocenters. The SMILES string of the molecule is Fc1ccc2c(c1CNc1ncc(-c3ccc(N4CCCC4)n4ncnc34)c3nncn13)CCO2. The van der Waals surface area contributed by atoms with Crippen molar-refractivity contribution in [2.24, 2.45) is 0 Å². The smallest absolute Gasteiger partial charge is 0.210 e. The van der Waals surface area contributed by atoms with Gasteiger partial charge in [-0.05, 0) is 37.1 Å². The molecule has 0 saturated carbocycles. The molecule has 0 aliphatic carbocycles. The monoisotopic (exact) mass is 471 g/mol. The molecule has 1 aromatic carbocycles. The Morgan fingerprint density at radius 2 is 1.94 bits per heavy atom. The van der Waals surface area contributed by atoms with Crippen LogP contribution in [0.15, 0.2) is 43.1 Å². The van der Waals surface area contributed by atoms with E-state index in [-0.39, 0.29) is 12.4 Å². The number of rotatable bonds is 5. The lowest BCUT2D eigenvalue weighted by Crippen LogP contribution is -2.21. The van der Waals surface area contributed by atoms with Crippen LogP contribution in [0.2, 0.25) is 0 Å². The zero-order valence-corrected chi connectivity index (χ0v) is 18.9. The van der Waals surface area contributed by atoms with Crippen LogP contribution in [0, 0.1) is 5.82 Å². The average Bonchev–Trinajstić information content (AvgIpc) is 3.69. The van der Waals surface area contributed by atoms with Crippen LogP contribution in [0.1, 0.15) is 24.0 Å². The molecule has 11 heteroatoms. The van der Waals surface area contributed by atoms with Crippen LogP contribution in [-0.2, 0) is 13.0 Å². The molecule has 0 bridgehead atoms. The molecule has 1 fully saturated rings. The Bertz CT molecular complexity index is 1570. The number of halogens is 1. The standard InChI is InChI=1S/C24H22FN9O/c25-19-4-5-20-15(7-10-35-20)17(19)11-26-24-27-12-18(23-31-29-14-33(23)24)16-3-6-21(32-8-1-2-9-32)34-22(16)28-13-30-34/h3-6,12-14H,1-2,7-11H2,(H,26,27). The molecule has 1 saturated heterocycles. The van der Waals surface area contributed by atoms with Gasteiger partial charge in [-0.1, -0.05) is 0 Å². The second-order valence-electron chi connectivity index (χ2n) is 8.77. The van der Waals surface area contributed by atoms with Crippen LogP contribution in [0.25, 0.3) is 22.4 Å². The first kappa shape index (κ1) is 20.1. The van der Waals surface area contributed by atoms with Crippen molar-refractivity contribution in [2.75, 3.05) is 29.9 Å². The zero-order valence-electron chi connectivity index (χ0n) is 18.9. The summed E-state index contributed by atoms with van der Waals surface area (Å²) in [7, 11) is 0. The maximum atomic E-state index is 14.6. The number of aromatic nitrogens is 7. The molecule has 0 amide bonds. The van der Waals surface area contributed by atoms with Gasteiger partial charge in [-0.25, -0.2) is 14.4 Å². The van der Waals surface area contributed by atoms with Crippen LogP contribution < -0.4 is 15.0 Å². The highest BCUT2D eigenvalue weighted by Crippen LogP contribution is 2.33. The van der Waals surface area contributed by atoms with E-state index in [9.17, 15) is 4.39 Å². The third-order valence-corrected chi connectivity index (χ3v) is 6.82. The molecule has 2 aliphatic rings. The van der Waals surface area contributed by atoms with Crippen molar-refractivity contribution >= 4 is 23.1 Å². The number of hydrogen-bond donors (Lipinski definition) is 1. The van der Waals surface area contributed by atoms with E-state index in [1.165, 1.54) is 18.9 Å². The number of fused-ring (bicyclic) bond motifs is 3. The fourth-order valence-electron chi connectivity index (χ4n) is 5.11. The van der Waals surface area contributed by atoms with E-state index < -0.39 is 0 Å². The van der Waals surface area contributed by atoms with Crippen molar-refractivity contribution < 1.29 is 9.13 Å². The van der Waals surface area contributed by atoms with Crippen molar-refractivity contribution in [2.45, 2.75) is 25.8 Å². The van der Waals surface area contributed by atoms with E-state index in [4.69, 9.17) is 4.74 Å². The quantitative estimate of drug-likeness (QED) is 0.418. The van der Waals surface area contributed by atoms with Crippen molar-refractivity contribution in [1.82, 2.24) is 34.2 Å². The molecule has 2 aliphatic heterocycles. The summed E-state index contributed by atoms with van der Waals surface area (Å²) in [4.78, 5) is 11.5. The highest BCUT2D eigenvalue weighted by atomic mass is 19.1. The summed E-state index contributed by atoms with van der Waals surface area (Å²) >= 11 is 0. The summed E-state index contributed by atoms with van der Waals surface area (Å²) in [5, 5.41) is 16.2. The van der Waals surface area contributed by atoms with E-state index in [0.717, 1.165) is 47.0 Å². The lowest BCUT2D eigenvalue weighted by atomic mass is 10.0. The average molecular weight is 472 g/mol. The van der Waals surface area contributed by atoms with Gasteiger partial charge in [0.25, 0.3) is 0 Å². The minimum atomic E-state index is -0.259. The van der Waals surface area contributed by atoms with Gasteiger partial charge in [0.15, 0.2) is 11.3 Å². The number of benzene rings is 1. The number of nitrogens with zero attached hydrogens (tertiary/aromatic N) is 8. The largest absolute Gasteiger partial charge is 0.493 e. The third kappa shape index (κ3) is 3.18. The normalized spacial score (nSPS) is 15.2. The molecule has 10 nitrogen and oxygen atoms in total. The molecule has 0 atom stereocenters. The molecule has 0 spiro atoms. The first-order valence-electron chi connectivity index (χ1n) is 11.7. The fourth-order valence-corrected chi connectivity index (χ4v) is 5.11. The molecule has 1 N–H and O–H groups in total. The van der Waals surface area contributed by atoms with Gasteiger partial charge in [0, 0.05) is 54.5 Å². The van der Waals surface area contributed by atoms with Crippen molar-refractivity contribution in [3.05, 3.63) is 60.1 Å². The Hall–Kier alpha value is -4.28. The van der Waals surface area contributed by atoms with Crippen molar-refractivity contribution in [1.29, 1.82) is 0 Å². The maximum Gasteiger partial charge on any atom is 0.210 e. The molecule has 6 heterocycles. The minimum absolute atomic E-state index is 0.259. The number of nitrogens with one attached hydrogen (secondary N) is 1. The highest BCUT2D eigenvalue weighted by Gasteiger charge is 2.22. The van der Waals surface area contributed by atoms with Crippen LogP contribution in [0.4, 0.5) is 16.2 Å². The number of hydrogen-bond acceptors (Lipinski definition) is 8. The second kappa shape index (κ2) is 7.90. The zero-order chi connectivity index (χ0) is 23.4. The Kier molecular flexibility index (Phi) is 4.54. The summed E-state index contributed by atoms with van der Waals surface area (Å²) in [5.41, 5.74) is 4.52. The van der Waals surface area contributed by atoms with Gasteiger partial charge >= 0.3 is 0 Å². The van der Waals surface area contributed by atoms with Crippen molar-refractivity contribution in [3.8, 4) is 16.9 Å². The van der Waals surface area contributed by atoms with Gasteiger partial charge in [0.2, 0.25) is 5.95 Å². The minimum Gasteiger partial charge on any atom is -0.493 e. The van der Waals surface area contributed by atoms with Crippen molar-refractivity contribution in [3.63, 3.8) is 0 Å². The number of anilines is 2. The van der Waals surface area contributed by atoms with Crippen LogP contribution >= 0.6 is 0 Å².